The van der Waals surface area contributed by atoms with Gasteiger partial charge < -0.3 is 48.5 Å². The third kappa shape index (κ3) is 6.33. The molecular weight excluding hydrogens is 672 g/mol. The van der Waals surface area contributed by atoms with Crippen LogP contribution in [0.3, 0.4) is 0 Å². The number of aromatic amines is 1. The van der Waals surface area contributed by atoms with E-state index in [0.717, 1.165) is 6.33 Å². The Morgan fingerprint density at radius 3 is 2.55 bits per heavy atom. The third-order valence-corrected chi connectivity index (χ3v) is 9.33. The fraction of sp³-hybridized carbons (Fsp3) is 0.476. The Kier molecular flexibility index (Phi) is 8.68. The number of nitrogen functional groups attached to an aromatic ring is 1. The lowest BCUT2D eigenvalue weighted by Crippen LogP contribution is -2.34. The van der Waals surface area contributed by atoms with Crippen LogP contribution in [0.2, 0.25) is 0 Å². The van der Waals surface area contributed by atoms with Crippen molar-refractivity contribution in [3.8, 4) is 0 Å². The highest BCUT2D eigenvalue weighted by Crippen LogP contribution is 2.51. The van der Waals surface area contributed by atoms with Crippen molar-refractivity contribution in [2.45, 2.75) is 49.5 Å². The quantitative estimate of drug-likeness (QED) is 0.145. The Hall–Kier alpha value is -2.39. The highest BCUT2D eigenvalue weighted by Gasteiger charge is 2.50. The van der Waals surface area contributed by atoms with Gasteiger partial charge >= 0.3 is 13.4 Å². The monoisotopic (exact) mass is 696 g/mol. The number of hydrogen-bond acceptors (Lipinski definition) is 13. The number of nitrogens with one attached hydrogen (secondary N) is 1. The average Bonchev–Trinajstić information content (AvgIpc) is 3.72. The fourth-order valence-corrected chi connectivity index (χ4v) is 6.93. The van der Waals surface area contributed by atoms with Crippen LogP contribution in [-0.4, -0.2) is 92.6 Å². The Balaban J connectivity index is 1.16. The van der Waals surface area contributed by atoms with E-state index >= 15 is 4.39 Å². The van der Waals surface area contributed by atoms with E-state index in [1.54, 1.807) is 6.07 Å². The maximum absolute atomic E-state index is 15.9. The lowest BCUT2D eigenvalue weighted by molar-refractivity contribution is -0.0456. The Morgan fingerprint density at radius 2 is 1.77 bits per heavy atom. The van der Waals surface area contributed by atoms with E-state index in [-0.39, 0.29) is 28.9 Å². The number of imidazole rings is 2. The highest BCUT2D eigenvalue weighted by molar-refractivity contribution is 8.07. The molecule has 6 rings (SSSR count). The van der Waals surface area contributed by atoms with Crippen molar-refractivity contribution in [2.24, 2.45) is 0 Å². The number of nitrogens with two attached hydrogens (primary N) is 1. The third-order valence-electron chi connectivity index (χ3n) is 6.97. The Bertz CT molecular complexity index is 1840. The van der Waals surface area contributed by atoms with Crippen LogP contribution in [0.15, 0.2) is 36.0 Å². The molecule has 2 aliphatic rings. The Morgan fingerprint density at radius 1 is 1.05 bits per heavy atom. The zero-order chi connectivity index (χ0) is 31.4. The molecule has 0 aliphatic carbocycles. The molecular formula is C21H24F2N8O9P2S2. The molecule has 6 heterocycles. The molecule has 8 atom stereocenters. The molecule has 2 unspecified atom stereocenters. The highest BCUT2D eigenvalue weighted by atomic mass is 32.5. The number of aromatic nitrogens is 7. The predicted octanol–water partition coefficient (Wildman–Crippen LogP) is 0.852. The number of H-pyrrole nitrogens is 1. The second-order valence-corrected chi connectivity index (χ2v) is 15.2. The Labute approximate surface area is 255 Å². The van der Waals surface area contributed by atoms with Crippen LogP contribution in [0.5, 0.6) is 0 Å². The van der Waals surface area contributed by atoms with Gasteiger partial charge in [-0.1, -0.05) is 0 Å². The van der Waals surface area contributed by atoms with Crippen LogP contribution in [-0.2, 0) is 46.7 Å². The summed E-state index contributed by atoms with van der Waals surface area (Å²) in [5.74, 6) is 0.0350. The van der Waals surface area contributed by atoms with Gasteiger partial charge in [-0.3, -0.25) is 13.9 Å². The average molecular weight is 697 g/mol. The number of ether oxygens (including phenoxy) is 2. The molecule has 4 aromatic heterocycles. The van der Waals surface area contributed by atoms with Gasteiger partial charge in [0.25, 0.3) is 5.56 Å². The van der Waals surface area contributed by atoms with Crippen molar-refractivity contribution in [2.75, 3.05) is 18.9 Å². The molecule has 238 valence electrons. The minimum atomic E-state index is -4.31. The topological polar surface area (TPSA) is 227 Å². The summed E-state index contributed by atoms with van der Waals surface area (Å²) >= 11 is 9.57. The van der Waals surface area contributed by atoms with Crippen LogP contribution >= 0.6 is 13.4 Å². The van der Waals surface area contributed by atoms with E-state index < -0.39 is 75.3 Å². The summed E-state index contributed by atoms with van der Waals surface area (Å²) in [6.45, 7) is -9.73. The van der Waals surface area contributed by atoms with E-state index in [0.29, 0.717) is 5.52 Å². The van der Waals surface area contributed by atoms with Crippen molar-refractivity contribution >= 4 is 65.1 Å². The zero-order valence-corrected chi connectivity index (χ0v) is 25.5. The molecule has 0 spiro atoms. The van der Waals surface area contributed by atoms with E-state index in [1.165, 1.54) is 28.0 Å². The maximum atomic E-state index is 15.9. The molecule has 17 nitrogen and oxygen atoms in total. The first-order valence-corrected chi connectivity index (χ1v) is 17.9. The second-order valence-electron chi connectivity index (χ2n) is 9.79. The standard InChI is InChI=1S/C21H24F2N8O9P2S2/c22-9-3-13(30-7-28-15-10(30)1-2-25-20(15)32)38-11(9)4-37-42(35,44)40-17-12(5-36-41(33,34)43)39-21(14(17)23)31-8-29-16-18(24)26-6-27-19(16)31/h1-2,6-9,11-14,17,21H,3-5H2,(H,25,32)(H,35,44)(H2,24,26,27)(H2,33,34,43)/t9-,11-,12-,13-,14+,17?,21-,42?/m1/s1. The first-order chi connectivity index (χ1) is 20.8. The lowest BCUT2D eigenvalue weighted by atomic mass is 10.1. The summed E-state index contributed by atoms with van der Waals surface area (Å²) in [6.07, 6.45) is -5.20. The molecule has 4 aromatic rings. The summed E-state index contributed by atoms with van der Waals surface area (Å²) in [4.78, 5) is 60.4. The van der Waals surface area contributed by atoms with E-state index in [4.69, 9.17) is 40.6 Å². The molecule has 2 aliphatic heterocycles. The van der Waals surface area contributed by atoms with Crippen LogP contribution < -0.4 is 11.3 Å². The van der Waals surface area contributed by atoms with Gasteiger partial charge in [0.2, 0.25) is 0 Å². The summed E-state index contributed by atoms with van der Waals surface area (Å²) in [5, 5.41) is 0. The van der Waals surface area contributed by atoms with E-state index in [2.05, 4.69) is 36.7 Å². The number of alkyl halides is 2. The van der Waals surface area contributed by atoms with Crippen LogP contribution in [0.25, 0.3) is 22.2 Å². The van der Waals surface area contributed by atoms with Gasteiger partial charge in [0.1, 0.15) is 42.6 Å². The summed E-state index contributed by atoms with van der Waals surface area (Å²) in [6, 6.07) is 1.59. The van der Waals surface area contributed by atoms with Gasteiger partial charge in [-0.2, -0.15) is 0 Å². The van der Waals surface area contributed by atoms with Crippen molar-refractivity contribution in [3.63, 3.8) is 0 Å². The summed E-state index contributed by atoms with van der Waals surface area (Å²) in [5.41, 5.74) is 6.27. The van der Waals surface area contributed by atoms with Crippen molar-refractivity contribution in [3.05, 3.63) is 41.6 Å². The van der Waals surface area contributed by atoms with Gasteiger partial charge in [0.15, 0.2) is 29.4 Å². The molecule has 6 N–H and O–H groups in total. The number of hydrogen-bond donors (Lipinski definition) is 5. The molecule has 23 heteroatoms. The van der Waals surface area contributed by atoms with Crippen molar-refractivity contribution < 1.29 is 46.5 Å². The smallest absolute Gasteiger partial charge is 0.325 e. The van der Waals surface area contributed by atoms with Crippen molar-refractivity contribution in [1.29, 1.82) is 0 Å². The zero-order valence-electron chi connectivity index (χ0n) is 22.1. The van der Waals surface area contributed by atoms with Gasteiger partial charge in [-0.25, -0.2) is 28.7 Å². The van der Waals surface area contributed by atoms with Gasteiger partial charge in [-0.15, -0.1) is 0 Å². The number of rotatable bonds is 10. The van der Waals surface area contributed by atoms with E-state index in [9.17, 15) is 23.9 Å². The molecule has 0 amide bonds. The molecule has 0 radical (unpaired) electrons. The largest absolute Gasteiger partial charge is 0.382 e. The first-order valence-electron chi connectivity index (χ1n) is 12.7. The van der Waals surface area contributed by atoms with Crippen LogP contribution in [0.1, 0.15) is 18.9 Å². The summed E-state index contributed by atoms with van der Waals surface area (Å²) < 4.78 is 60.8. The van der Waals surface area contributed by atoms with Gasteiger partial charge in [0, 0.05) is 12.6 Å². The second kappa shape index (κ2) is 12.1. The van der Waals surface area contributed by atoms with Gasteiger partial charge in [-0.05, 0) is 29.7 Å². The maximum Gasteiger partial charge on any atom is 0.325 e. The number of pyridine rings is 1. The number of halogens is 2. The minimum Gasteiger partial charge on any atom is -0.382 e. The van der Waals surface area contributed by atoms with Crippen LogP contribution in [0, 0.1) is 0 Å². The molecule has 2 saturated heterocycles. The molecule has 0 saturated carbocycles. The SMILES string of the molecule is Nc1ncnc2c1ncn2[C@@H]1O[C@H](COP(O)(O)=S)C(OP(O)(=S)OC[C@H]2O[C@@H](n3cnc4c(=O)[nH]ccc43)C[C@H]2F)[C@@H]1F. The summed E-state index contributed by atoms with van der Waals surface area (Å²) in [7, 11) is 0. The predicted molar refractivity (Wildman–Crippen MR) is 154 cm³/mol. The van der Waals surface area contributed by atoms with E-state index in [1.807, 2.05) is 0 Å². The molecule has 0 bridgehead atoms. The molecule has 0 aromatic carbocycles. The minimum absolute atomic E-state index is 0.0350. The molecule has 44 heavy (non-hydrogen) atoms. The number of nitrogens with zero attached hydrogens (tertiary/aromatic N) is 6. The van der Waals surface area contributed by atoms with Crippen LogP contribution in [0.4, 0.5) is 14.6 Å². The fourth-order valence-electron chi connectivity index (χ4n) is 4.97. The number of anilines is 1. The lowest BCUT2D eigenvalue weighted by Gasteiger charge is -2.26. The first kappa shape index (κ1) is 31.6. The number of fused-ring (bicyclic) bond motifs is 2. The normalized spacial score (nSPS) is 29.1. The van der Waals surface area contributed by atoms with Gasteiger partial charge in [0.05, 0.1) is 31.4 Å². The van der Waals surface area contributed by atoms with Crippen molar-refractivity contribution in [1.82, 2.24) is 34.1 Å². The molecule has 2 fully saturated rings.